The first kappa shape index (κ1) is 24.8. The number of ether oxygens (including phenoxy) is 1. The number of benzene rings is 2. The lowest BCUT2D eigenvalue weighted by atomic mass is 10.2. The van der Waals surface area contributed by atoms with Gasteiger partial charge in [-0.25, -0.2) is 4.98 Å². The highest BCUT2D eigenvalue weighted by Crippen LogP contribution is 2.34. The molecule has 0 bridgehead atoms. The Morgan fingerprint density at radius 3 is 2.51 bits per heavy atom. The van der Waals surface area contributed by atoms with Crippen LogP contribution in [0.25, 0.3) is 33.5 Å². The van der Waals surface area contributed by atoms with Gasteiger partial charge in [0.25, 0.3) is 5.91 Å². The van der Waals surface area contributed by atoms with Crippen LogP contribution in [0.15, 0.2) is 91.8 Å². The minimum atomic E-state index is -0.0942. The molecule has 0 saturated heterocycles. The van der Waals surface area contributed by atoms with Gasteiger partial charge in [-0.2, -0.15) is 0 Å². The normalized spacial score (nSPS) is 16.8. The molecule has 2 aromatic carbocycles. The van der Waals surface area contributed by atoms with Gasteiger partial charge in [-0.05, 0) is 67.8 Å². The van der Waals surface area contributed by atoms with Crippen LogP contribution in [0.1, 0.15) is 28.9 Å². The molecule has 0 aliphatic heterocycles. The number of nitrogens with one attached hydrogen (secondary N) is 3. The van der Waals surface area contributed by atoms with E-state index < -0.39 is 0 Å². The van der Waals surface area contributed by atoms with E-state index in [0.29, 0.717) is 10.4 Å². The second-order valence-electron chi connectivity index (χ2n) is 9.69. The molecular formula is C31H29N5O2S. The number of hydrogen-bond acceptors (Lipinski definition) is 5. The van der Waals surface area contributed by atoms with Gasteiger partial charge in [0.05, 0.1) is 16.4 Å². The van der Waals surface area contributed by atoms with E-state index in [0.717, 1.165) is 63.4 Å². The molecule has 1 amide bonds. The number of nitrogens with zero attached hydrogens (tertiary/aromatic N) is 2. The molecule has 1 saturated carbocycles. The van der Waals surface area contributed by atoms with Crippen molar-refractivity contribution in [1.29, 1.82) is 0 Å². The maximum absolute atomic E-state index is 13.4. The molecule has 0 spiro atoms. The van der Waals surface area contributed by atoms with Crippen molar-refractivity contribution >= 4 is 45.1 Å². The van der Waals surface area contributed by atoms with Crippen molar-refractivity contribution in [2.45, 2.75) is 31.3 Å². The number of para-hydroxylation sites is 1. The van der Waals surface area contributed by atoms with Crippen LogP contribution in [-0.2, 0) is 0 Å². The third-order valence-corrected chi connectivity index (χ3v) is 8.13. The highest BCUT2D eigenvalue weighted by atomic mass is 32.1. The van der Waals surface area contributed by atoms with Gasteiger partial charge in [-0.3, -0.25) is 9.36 Å². The monoisotopic (exact) mass is 535 g/mol. The van der Waals surface area contributed by atoms with E-state index in [1.165, 1.54) is 11.3 Å². The molecule has 3 N–H and O–H groups in total. The van der Waals surface area contributed by atoms with E-state index in [9.17, 15) is 4.79 Å². The van der Waals surface area contributed by atoms with Crippen molar-refractivity contribution in [1.82, 2.24) is 25.2 Å². The molecule has 1 aliphatic rings. The maximum Gasteiger partial charge on any atom is 0.263 e. The summed E-state index contributed by atoms with van der Waals surface area (Å²) in [6.45, 7) is 12.0. The summed E-state index contributed by atoms with van der Waals surface area (Å²) in [6, 6.07) is 19.9. The number of carbonyl (C=O) groups is 1. The van der Waals surface area contributed by atoms with E-state index in [1.54, 1.807) is 12.3 Å². The molecule has 0 unspecified atom stereocenters. The van der Waals surface area contributed by atoms with Gasteiger partial charge in [0.1, 0.15) is 26.7 Å². The van der Waals surface area contributed by atoms with E-state index in [4.69, 9.17) is 4.74 Å². The lowest BCUT2D eigenvalue weighted by Crippen LogP contribution is -2.34. The first-order valence-corrected chi connectivity index (χ1v) is 13.7. The quantitative estimate of drug-likeness (QED) is 0.213. The highest BCUT2D eigenvalue weighted by molar-refractivity contribution is 7.21. The topological polar surface area (TPSA) is 84.0 Å². The van der Waals surface area contributed by atoms with Gasteiger partial charge in [0.15, 0.2) is 0 Å². The number of aromatic nitrogens is 3. The largest absolute Gasteiger partial charge is 0.457 e. The van der Waals surface area contributed by atoms with Gasteiger partial charge in [0, 0.05) is 29.7 Å². The zero-order chi connectivity index (χ0) is 26.9. The average molecular weight is 536 g/mol. The second kappa shape index (κ2) is 10.3. The summed E-state index contributed by atoms with van der Waals surface area (Å²) in [5, 5.41) is 7.51. The zero-order valence-electron chi connectivity index (χ0n) is 21.4. The van der Waals surface area contributed by atoms with E-state index >= 15 is 0 Å². The Balaban J connectivity index is 1.29. The number of allylic oxidation sites excluding steroid dienone is 1. The first-order chi connectivity index (χ1) is 19.0. The number of pyridine rings is 1. The Bertz CT molecular complexity index is 1750. The molecule has 8 heteroatoms. The Labute approximate surface area is 230 Å². The smallest absolute Gasteiger partial charge is 0.263 e. The van der Waals surface area contributed by atoms with Gasteiger partial charge in [-0.1, -0.05) is 37.9 Å². The van der Waals surface area contributed by atoms with Crippen molar-refractivity contribution in [2.24, 2.45) is 0 Å². The number of aromatic amines is 1. The second-order valence-corrected chi connectivity index (χ2v) is 10.7. The number of hydrogen-bond donors (Lipinski definition) is 3. The summed E-state index contributed by atoms with van der Waals surface area (Å²) >= 11 is 1.40. The number of rotatable bonds is 8. The third kappa shape index (κ3) is 4.86. The molecule has 5 aromatic rings. The third-order valence-electron chi connectivity index (χ3n) is 7.03. The summed E-state index contributed by atoms with van der Waals surface area (Å²) in [5.74, 6) is 1.43. The van der Waals surface area contributed by atoms with Crippen LogP contribution in [0, 0.1) is 0 Å². The lowest BCUT2D eigenvalue weighted by molar-refractivity contribution is 0.0943. The van der Waals surface area contributed by atoms with Crippen LogP contribution in [0.5, 0.6) is 11.5 Å². The highest BCUT2D eigenvalue weighted by Gasteiger charge is 2.28. The van der Waals surface area contributed by atoms with Crippen molar-refractivity contribution < 1.29 is 9.53 Å². The minimum Gasteiger partial charge on any atom is -0.457 e. The Morgan fingerprint density at radius 2 is 1.77 bits per heavy atom. The van der Waals surface area contributed by atoms with E-state index in [-0.39, 0.29) is 18.0 Å². The molecule has 3 aromatic heterocycles. The van der Waals surface area contributed by atoms with Crippen LogP contribution >= 0.6 is 11.3 Å². The predicted molar refractivity (Wildman–Crippen MR) is 158 cm³/mol. The van der Waals surface area contributed by atoms with Gasteiger partial charge in [-0.15, -0.1) is 11.3 Å². The molecule has 1 aliphatic carbocycles. The predicted octanol–water partition coefficient (Wildman–Crippen LogP) is 5.99. The lowest BCUT2D eigenvalue weighted by Gasteiger charge is -2.16. The van der Waals surface area contributed by atoms with Crippen molar-refractivity contribution in [3.8, 4) is 17.2 Å². The minimum absolute atomic E-state index is 0.0942. The summed E-state index contributed by atoms with van der Waals surface area (Å²) in [7, 11) is 0. The average Bonchev–Trinajstić information content (AvgIpc) is 3.55. The molecule has 2 atom stereocenters. The summed E-state index contributed by atoms with van der Waals surface area (Å²) in [4.78, 5) is 22.8. The molecular weight excluding hydrogens is 506 g/mol. The summed E-state index contributed by atoms with van der Waals surface area (Å²) < 4.78 is 7.99. The fourth-order valence-electron chi connectivity index (χ4n) is 5.22. The maximum atomic E-state index is 13.4. The van der Waals surface area contributed by atoms with E-state index in [1.807, 2.05) is 65.2 Å². The van der Waals surface area contributed by atoms with E-state index in [2.05, 4.69) is 40.3 Å². The van der Waals surface area contributed by atoms with Crippen LogP contribution in [0.4, 0.5) is 0 Å². The SMILES string of the molecule is C=CC(=C)N[C@H]1CC[C@@H](NC(=O)c2sc3nccc4c3c2[nH]c(=C)n4-c2ccc(Oc3ccccc3)cc2)C1. The van der Waals surface area contributed by atoms with Crippen molar-refractivity contribution in [2.75, 3.05) is 0 Å². The standard InChI is InChI=1S/C31H29N5O2S/c1-4-19(2)33-21-10-11-22(18-21)35-30(37)29-28-27-26(16-17-32-31(27)39-29)36(20(3)34-28)23-12-14-25(15-13-23)38-24-8-6-5-7-9-24/h4-9,12-17,21-22,33-34H,1-3,10-11,18H2,(H,35,37)/t21-,22+/m0/s1. The molecule has 3 heterocycles. The number of thiophene rings is 1. The van der Waals surface area contributed by atoms with Gasteiger partial charge in [0.2, 0.25) is 0 Å². The Kier molecular flexibility index (Phi) is 6.54. The van der Waals surface area contributed by atoms with Crippen LogP contribution in [-0.4, -0.2) is 32.5 Å². The molecule has 0 radical (unpaired) electrons. The molecule has 7 nitrogen and oxygen atoms in total. The summed E-state index contributed by atoms with van der Waals surface area (Å²) in [6.07, 6.45) is 6.22. The van der Waals surface area contributed by atoms with Gasteiger partial charge < -0.3 is 20.4 Å². The molecule has 6 rings (SSSR count). The number of H-pyrrole nitrogens is 1. The number of carbonyl (C=O) groups excluding carboxylic acids is 1. The zero-order valence-corrected chi connectivity index (χ0v) is 22.3. The first-order valence-electron chi connectivity index (χ1n) is 12.9. The molecule has 1 fully saturated rings. The van der Waals surface area contributed by atoms with Crippen LogP contribution < -0.4 is 20.9 Å². The van der Waals surface area contributed by atoms with Gasteiger partial charge >= 0.3 is 0 Å². The van der Waals surface area contributed by atoms with Crippen LogP contribution in [0.2, 0.25) is 0 Å². The Hall–Kier alpha value is -4.56. The fraction of sp³-hybridized carbons (Fsp3) is 0.161. The molecule has 39 heavy (non-hydrogen) atoms. The Morgan fingerprint density at radius 1 is 1.05 bits per heavy atom. The fourth-order valence-corrected chi connectivity index (χ4v) is 6.24. The van der Waals surface area contributed by atoms with Crippen molar-refractivity contribution in [3.63, 3.8) is 0 Å². The van der Waals surface area contributed by atoms with Crippen LogP contribution in [0.3, 0.4) is 0 Å². The van der Waals surface area contributed by atoms with Crippen molar-refractivity contribution in [3.05, 3.63) is 102 Å². The summed E-state index contributed by atoms with van der Waals surface area (Å²) in [5.41, 5.74) is 4.08. The molecule has 196 valence electrons. The number of amides is 1.